The van der Waals surface area contributed by atoms with E-state index in [-0.39, 0.29) is 18.4 Å². The zero-order valence-electron chi connectivity index (χ0n) is 12.3. The maximum absolute atomic E-state index is 12.7. The van der Waals surface area contributed by atoms with Crippen LogP contribution in [0.4, 0.5) is 0 Å². The number of rotatable bonds is 2. The molecule has 1 saturated heterocycles. The average Bonchev–Trinajstić information content (AvgIpc) is 2.70. The van der Waals surface area contributed by atoms with E-state index in [4.69, 9.17) is 4.74 Å². The van der Waals surface area contributed by atoms with Gasteiger partial charge in [-0.05, 0) is 37.3 Å². The van der Waals surface area contributed by atoms with Crippen molar-refractivity contribution < 1.29 is 14.6 Å². The highest BCUT2D eigenvalue weighted by Gasteiger charge is 2.25. The average molecular weight is 309 g/mol. The van der Waals surface area contributed by atoms with Crippen LogP contribution < -0.4 is 0 Å². The van der Waals surface area contributed by atoms with E-state index >= 15 is 0 Å². The third-order valence-electron chi connectivity index (χ3n) is 4.34. The number of nitrogens with zero attached hydrogens (tertiary/aromatic N) is 1. The van der Waals surface area contributed by atoms with E-state index in [1.54, 1.807) is 11.3 Å². The van der Waals surface area contributed by atoms with E-state index in [1.165, 1.54) is 29.7 Å². The normalized spacial score (nSPS) is 23.3. The molecule has 1 aliphatic carbocycles. The van der Waals surface area contributed by atoms with Crippen LogP contribution >= 0.6 is 11.3 Å². The van der Waals surface area contributed by atoms with E-state index in [0.29, 0.717) is 26.3 Å². The van der Waals surface area contributed by atoms with Gasteiger partial charge in [0.1, 0.15) is 0 Å². The fourth-order valence-electron chi connectivity index (χ4n) is 3.10. The number of carbonyl (C=O) groups excluding carboxylic acids is 1. The molecule has 2 aliphatic rings. The molecule has 21 heavy (non-hydrogen) atoms. The highest BCUT2D eigenvalue weighted by molar-refractivity contribution is 7.14. The first kappa shape index (κ1) is 15.0. The van der Waals surface area contributed by atoms with Crippen LogP contribution in [0.2, 0.25) is 0 Å². The summed E-state index contributed by atoms with van der Waals surface area (Å²) in [5, 5.41) is 9.33. The van der Waals surface area contributed by atoms with Crippen molar-refractivity contribution in [3.05, 3.63) is 21.4 Å². The van der Waals surface area contributed by atoms with Gasteiger partial charge in [0.25, 0.3) is 5.91 Å². The summed E-state index contributed by atoms with van der Waals surface area (Å²) in [7, 11) is 0. The van der Waals surface area contributed by atoms with Crippen LogP contribution in [0.5, 0.6) is 0 Å². The second-order valence-corrected chi connectivity index (χ2v) is 7.13. The van der Waals surface area contributed by atoms with Crippen LogP contribution in [0.25, 0.3) is 0 Å². The van der Waals surface area contributed by atoms with Gasteiger partial charge in [-0.2, -0.15) is 0 Å². The van der Waals surface area contributed by atoms with Crippen LogP contribution in [-0.4, -0.2) is 48.8 Å². The highest BCUT2D eigenvalue weighted by Crippen LogP contribution is 2.30. The van der Waals surface area contributed by atoms with Gasteiger partial charge in [-0.15, -0.1) is 11.3 Å². The van der Waals surface area contributed by atoms with Gasteiger partial charge >= 0.3 is 0 Å². The Labute approximate surface area is 129 Å². The standard InChI is InChI=1S/C16H23NO3S/c18-10-12-9-17(6-7-20-11-12)16(19)15-8-13-4-2-1-3-5-14(13)21-15/h8,12,18H,1-7,9-11H2. The van der Waals surface area contributed by atoms with Gasteiger partial charge in [-0.1, -0.05) is 6.42 Å². The number of aryl methyl sites for hydroxylation is 2. The molecule has 0 bridgehead atoms. The molecule has 1 unspecified atom stereocenters. The highest BCUT2D eigenvalue weighted by atomic mass is 32.1. The summed E-state index contributed by atoms with van der Waals surface area (Å²) < 4.78 is 5.46. The SMILES string of the molecule is O=C(c1cc2c(s1)CCCCC2)N1CCOCC(CO)C1. The first-order valence-electron chi connectivity index (χ1n) is 7.87. The third kappa shape index (κ3) is 3.47. The summed E-state index contributed by atoms with van der Waals surface area (Å²) in [5.41, 5.74) is 1.38. The van der Waals surface area contributed by atoms with Crippen molar-refractivity contribution in [2.45, 2.75) is 32.1 Å². The molecule has 0 radical (unpaired) electrons. The second kappa shape index (κ2) is 6.90. The number of thiophene rings is 1. The quantitative estimate of drug-likeness (QED) is 0.851. The van der Waals surface area contributed by atoms with Crippen LogP contribution in [0, 0.1) is 5.92 Å². The molecule has 0 aromatic carbocycles. The smallest absolute Gasteiger partial charge is 0.264 e. The van der Waals surface area contributed by atoms with Gasteiger partial charge in [-0.3, -0.25) is 4.79 Å². The van der Waals surface area contributed by atoms with Crippen LogP contribution in [0.15, 0.2) is 6.07 Å². The Hall–Kier alpha value is -0.910. The molecule has 1 aliphatic heterocycles. The summed E-state index contributed by atoms with van der Waals surface area (Å²) >= 11 is 1.67. The fraction of sp³-hybridized carbons (Fsp3) is 0.688. The van der Waals surface area contributed by atoms with Gasteiger partial charge in [0.15, 0.2) is 0 Å². The minimum absolute atomic E-state index is 0.0363. The van der Waals surface area contributed by atoms with E-state index in [1.807, 2.05) is 4.90 Å². The van der Waals surface area contributed by atoms with Crippen molar-refractivity contribution in [2.24, 2.45) is 5.92 Å². The van der Waals surface area contributed by atoms with Crippen molar-refractivity contribution in [3.8, 4) is 0 Å². The number of carbonyl (C=O) groups is 1. The fourth-order valence-corrected chi connectivity index (χ4v) is 4.33. The number of fused-ring (bicyclic) bond motifs is 1. The zero-order valence-corrected chi connectivity index (χ0v) is 13.2. The number of aliphatic hydroxyl groups excluding tert-OH is 1. The van der Waals surface area contributed by atoms with Gasteiger partial charge < -0.3 is 14.7 Å². The molecule has 0 spiro atoms. The molecule has 116 valence electrons. The van der Waals surface area contributed by atoms with Crippen LogP contribution in [0.1, 0.15) is 39.4 Å². The Balaban J connectivity index is 1.75. The summed E-state index contributed by atoms with van der Waals surface area (Å²) in [5.74, 6) is 0.145. The lowest BCUT2D eigenvalue weighted by Crippen LogP contribution is -2.36. The molecule has 5 heteroatoms. The number of hydrogen-bond acceptors (Lipinski definition) is 4. The van der Waals surface area contributed by atoms with Gasteiger partial charge in [0, 0.05) is 30.5 Å². The topological polar surface area (TPSA) is 49.8 Å². The Morgan fingerprint density at radius 2 is 2.24 bits per heavy atom. The Kier molecular flexibility index (Phi) is 4.93. The van der Waals surface area contributed by atoms with Crippen molar-refractivity contribution in [1.82, 2.24) is 4.90 Å². The summed E-state index contributed by atoms with van der Waals surface area (Å²) in [6.07, 6.45) is 6.01. The predicted octanol–water partition coefficient (Wildman–Crippen LogP) is 2.10. The van der Waals surface area contributed by atoms with Gasteiger partial charge in [-0.25, -0.2) is 0 Å². The maximum atomic E-state index is 12.7. The molecule has 3 rings (SSSR count). The number of amides is 1. The third-order valence-corrected chi connectivity index (χ3v) is 5.57. The molecule has 1 atom stereocenters. The number of hydrogen-bond donors (Lipinski definition) is 1. The van der Waals surface area contributed by atoms with Crippen LogP contribution in [0.3, 0.4) is 0 Å². The summed E-state index contributed by atoms with van der Waals surface area (Å²) in [4.78, 5) is 16.8. The predicted molar refractivity (Wildman–Crippen MR) is 82.9 cm³/mol. The number of ether oxygens (including phenoxy) is 1. The van der Waals surface area contributed by atoms with E-state index in [0.717, 1.165) is 17.7 Å². The molecule has 1 N–H and O–H groups in total. The monoisotopic (exact) mass is 309 g/mol. The Morgan fingerprint density at radius 3 is 3.10 bits per heavy atom. The molecule has 1 aromatic rings. The minimum Gasteiger partial charge on any atom is -0.396 e. The number of aliphatic hydroxyl groups is 1. The zero-order chi connectivity index (χ0) is 14.7. The lowest BCUT2D eigenvalue weighted by Gasteiger charge is -2.21. The Morgan fingerprint density at radius 1 is 1.38 bits per heavy atom. The maximum Gasteiger partial charge on any atom is 0.264 e. The molecule has 1 fully saturated rings. The van der Waals surface area contributed by atoms with Gasteiger partial charge in [0.05, 0.1) is 18.1 Å². The largest absolute Gasteiger partial charge is 0.396 e. The molecule has 0 saturated carbocycles. The molecule has 2 heterocycles. The minimum atomic E-state index is 0.0363. The van der Waals surface area contributed by atoms with Crippen molar-refractivity contribution in [1.29, 1.82) is 0 Å². The van der Waals surface area contributed by atoms with Crippen molar-refractivity contribution in [2.75, 3.05) is 32.9 Å². The summed E-state index contributed by atoms with van der Waals surface area (Å²) in [6.45, 7) is 2.40. The van der Waals surface area contributed by atoms with E-state index < -0.39 is 0 Å². The first-order chi connectivity index (χ1) is 10.3. The lowest BCUT2D eigenvalue weighted by atomic mass is 10.1. The lowest BCUT2D eigenvalue weighted by molar-refractivity contribution is 0.0733. The molecule has 1 amide bonds. The second-order valence-electron chi connectivity index (χ2n) is 5.99. The molecule has 4 nitrogen and oxygen atoms in total. The van der Waals surface area contributed by atoms with E-state index in [9.17, 15) is 9.90 Å². The molecular formula is C16H23NO3S. The van der Waals surface area contributed by atoms with Crippen LogP contribution in [-0.2, 0) is 17.6 Å². The first-order valence-corrected chi connectivity index (χ1v) is 8.69. The van der Waals surface area contributed by atoms with Gasteiger partial charge in [0.2, 0.25) is 0 Å². The molecular weight excluding hydrogens is 286 g/mol. The van der Waals surface area contributed by atoms with Crippen molar-refractivity contribution >= 4 is 17.2 Å². The van der Waals surface area contributed by atoms with Crippen molar-refractivity contribution in [3.63, 3.8) is 0 Å². The summed E-state index contributed by atoms with van der Waals surface area (Å²) in [6, 6.07) is 2.10. The Bertz CT molecular complexity index is 476. The molecule has 1 aromatic heterocycles. The van der Waals surface area contributed by atoms with E-state index in [2.05, 4.69) is 6.07 Å².